The molecule has 1 fully saturated rings. The van der Waals surface area contributed by atoms with Crippen molar-refractivity contribution in [1.29, 1.82) is 0 Å². The van der Waals surface area contributed by atoms with Crippen molar-refractivity contribution in [2.75, 3.05) is 13.1 Å². The number of primary sulfonamides is 1. The first kappa shape index (κ1) is 16.4. The zero-order valence-corrected chi connectivity index (χ0v) is 13.9. The molecule has 1 aromatic carbocycles. The molecule has 0 aromatic heterocycles. The number of nitrogens with zero attached hydrogens (tertiary/aromatic N) is 1. The summed E-state index contributed by atoms with van der Waals surface area (Å²) in [6.45, 7) is 1.03. The van der Waals surface area contributed by atoms with Gasteiger partial charge in [0, 0.05) is 23.6 Å². The molecule has 21 heavy (non-hydrogen) atoms. The molecule has 1 aromatic rings. The van der Waals surface area contributed by atoms with Crippen molar-refractivity contribution in [2.24, 2.45) is 10.9 Å². The highest BCUT2D eigenvalue weighted by atomic mass is 79.9. The van der Waals surface area contributed by atoms with Crippen LogP contribution in [-0.2, 0) is 10.0 Å². The van der Waals surface area contributed by atoms with Crippen LogP contribution in [-0.4, -0.2) is 38.4 Å². The van der Waals surface area contributed by atoms with Gasteiger partial charge in [-0.2, -0.15) is 0 Å². The van der Waals surface area contributed by atoms with Crippen molar-refractivity contribution in [3.8, 4) is 0 Å². The van der Waals surface area contributed by atoms with E-state index < -0.39 is 10.0 Å². The number of halogens is 1. The van der Waals surface area contributed by atoms with Gasteiger partial charge in [-0.25, -0.2) is 13.6 Å². The van der Waals surface area contributed by atoms with Gasteiger partial charge in [-0.1, -0.05) is 0 Å². The maximum Gasteiger partial charge on any atom is 0.255 e. The highest BCUT2D eigenvalue weighted by Crippen LogP contribution is 2.25. The summed E-state index contributed by atoms with van der Waals surface area (Å²) in [5.41, 5.74) is 6.02. The van der Waals surface area contributed by atoms with E-state index in [1.165, 1.54) is 18.2 Å². The van der Waals surface area contributed by atoms with Crippen LogP contribution in [0.4, 0.5) is 0 Å². The summed E-state index contributed by atoms with van der Waals surface area (Å²) in [4.78, 5) is 14.3. The normalized spacial score (nSPS) is 19.6. The summed E-state index contributed by atoms with van der Waals surface area (Å²) >= 11 is 3.29. The van der Waals surface area contributed by atoms with E-state index in [1.807, 2.05) is 0 Å². The first-order valence-electron chi connectivity index (χ1n) is 6.68. The Morgan fingerprint density at radius 1 is 1.38 bits per heavy atom. The number of carbonyl (C=O) groups is 1. The number of sulfonamides is 1. The second-order valence-corrected chi connectivity index (χ2v) is 7.49. The fourth-order valence-corrected chi connectivity index (χ4v) is 3.47. The Balaban J connectivity index is 2.38. The lowest BCUT2D eigenvalue weighted by Crippen LogP contribution is -2.47. The predicted octanol–water partition coefficient (Wildman–Crippen LogP) is 1.05. The van der Waals surface area contributed by atoms with Gasteiger partial charge in [0.1, 0.15) is 0 Å². The van der Waals surface area contributed by atoms with Crippen molar-refractivity contribution < 1.29 is 13.2 Å². The van der Waals surface area contributed by atoms with Crippen molar-refractivity contribution in [3.63, 3.8) is 0 Å². The predicted molar refractivity (Wildman–Crippen MR) is 83.2 cm³/mol. The summed E-state index contributed by atoms with van der Waals surface area (Å²) in [5, 5.41) is 5.12. The number of carbonyl (C=O) groups excluding carboxylic acids is 1. The third-order valence-corrected chi connectivity index (χ3v) is 5.26. The van der Waals surface area contributed by atoms with Gasteiger partial charge in [-0.15, -0.1) is 0 Å². The van der Waals surface area contributed by atoms with E-state index in [-0.39, 0.29) is 16.8 Å². The van der Waals surface area contributed by atoms with Gasteiger partial charge in [0.15, 0.2) is 0 Å². The largest absolute Gasteiger partial charge is 0.334 e. The number of hydrogen-bond donors (Lipinski definition) is 2. The average Bonchev–Trinajstić information content (AvgIpc) is 2.45. The Hall–Kier alpha value is -0.960. The standard InChI is InChI=1S/C13H18BrN3O3S/c14-12-5-4-10(21(16,19)20)7-11(12)13(18)17-6-2-1-3-9(17)8-15/h4-5,7,9H,1-3,6,8,15H2,(H2,16,19,20). The SMILES string of the molecule is NCC1CCCCN1C(=O)c1cc(S(N)(=O)=O)ccc1Br. The minimum absolute atomic E-state index is 0.00344. The first-order valence-corrected chi connectivity index (χ1v) is 9.02. The summed E-state index contributed by atoms with van der Waals surface area (Å²) in [7, 11) is -3.84. The van der Waals surface area contributed by atoms with Crippen molar-refractivity contribution in [3.05, 3.63) is 28.2 Å². The molecule has 0 spiro atoms. The maximum absolute atomic E-state index is 12.7. The van der Waals surface area contributed by atoms with Gasteiger partial charge < -0.3 is 10.6 Å². The Morgan fingerprint density at radius 2 is 2.10 bits per heavy atom. The minimum Gasteiger partial charge on any atom is -0.334 e. The molecule has 1 amide bonds. The van der Waals surface area contributed by atoms with Crippen LogP contribution in [0.5, 0.6) is 0 Å². The Labute approximate surface area is 132 Å². The lowest BCUT2D eigenvalue weighted by molar-refractivity contribution is 0.0622. The number of benzene rings is 1. The number of amides is 1. The molecule has 0 radical (unpaired) electrons. The lowest BCUT2D eigenvalue weighted by Gasteiger charge is -2.35. The van der Waals surface area contributed by atoms with Crippen LogP contribution in [0.2, 0.25) is 0 Å². The van der Waals surface area contributed by atoms with Crippen LogP contribution in [0.3, 0.4) is 0 Å². The van der Waals surface area contributed by atoms with Gasteiger partial charge in [0.05, 0.1) is 10.5 Å². The molecule has 1 aliphatic rings. The number of hydrogen-bond acceptors (Lipinski definition) is 4. The van der Waals surface area contributed by atoms with Crippen LogP contribution < -0.4 is 10.9 Å². The molecule has 4 N–H and O–H groups in total. The Morgan fingerprint density at radius 3 is 2.71 bits per heavy atom. The monoisotopic (exact) mass is 375 g/mol. The fraction of sp³-hybridized carbons (Fsp3) is 0.462. The van der Waals surface area contributed by atoms with Crippen LogP contribution in [0.25, 0.3) is 0 Å². The fourth-order valence-electron chi connectivity index (χ4n) is 2.51. The maximum atomic E-state index is 12.7. The second kappa shape index (κ2) is 6.43. The number of likely N-dealkylation sites (tertiary alicyclic amines) is 1. The highest BCUT2D eigenvalue weighted by Gasteiger charge is 2.28. The van der Waals surface area contributed by atoms with Gasteiger partial charge in [0.25, 0.3) is 5.91 Å². The molecule has 1 atom stereocenters. The molecule has 1 saturated heterocycles. The molecule has 116 valence electrons. The van der Waals surface area contributed by atoms with E-state index in [4.69, 9.17) is 10.9 Å². The van der Waals surface area contributed by atoms with Crippen LogP contribution in [0.15, 0.2) is 27.6 Å². The molecule has 8 heteroatoms. The summed E-state index contributed by atoms with van der Waals surface area (Å²) in [5.74, 6) is -0.220. The third-order valence-electron chi connectivity index (χ3n) is 3.66. The van der Waals surface area contributed by atoms with E-state index in [9.17, 15) is 13.2 Å². The lowest BCUT2D eigenvalue weighted by atomic mass is 10.0. The van der Waals surface area contributed by atoms with Gasteiger partial charge in [-0.3, -0.25) is 4.79 Å². The zero-order valence-electron chi connectivity index (χ0n) is 11.5. The Kier molecular flexibility index (Phi) is 5.03. The van der Waals surface area contributed by atoms with E-state index in [1.54, 1.807) is 4.90 Å². The van der Waals surface area contributed by atoms with Crippen molar-refractivity contribution >= 4 is 31.9 Å². The second-order valence-electron chi connectivity index (χ2n) is 5.07. The molecule has 6 nitrogen and oxygen atoms in total. The van der Waals surface area contributed by atoms with Crippen LogP contribution in [0, 0.1) is 0 Å². The first-order chi connectivity index (χ1) is 9.84. The molecule has 0 aliphatic carbocycles. The molecule has 1 aliphatic heterocycles. The van der Waals surface area contributed by atoms with Gasteiger partial charge in [0.2, 0.25) is 10.0 Å². The third kappa shape index (κ3) is 3.63. The van der Waals surface area contributed by atoms with Gasteiger partial charge >= 0.3 is 0 Å². The molecule has 1 heterocycles. The van der Waals surface area contributed by atoms with Crippen LogP contribution in [0.1, 0.15) is 29.6 Å². The molecular weight excluding hydrogens is 358 g/mol. The number of rotatable bonds is 3. The van der Waals surface area contributed by atoms with Gasteiger partial charge in [-0.05, 0) is 53.4 Å². The number of nitrogens with two attached hydrogens (primary N) is 2. The van der Waals surface area contributed by atoms with Crippen LogP contribution >= 0.6 is 15.9 Å². The molecule has 0 saturated carbocycles. The van der Waals surface area contributed by atoms with E-state index in [2.05, 4.69) is 15.9 Å². The number of piperidine rings is 1. The molecule has 1 unspecified atom stereocenters. The quantitative estimate of drug-likeness (QED) is 0.822. The topological polar surface area (TPSA) is 106 Å². The van der Waals surface area contributed by atoms with Crippen molar-refractivity contribution in [2.45, 2.75) is 30.2 Å². The molecule has 2 rings (SSSR count). The molecule has 0 bridgehead atoms. The zero-order chi connectivity index (χ0) is 15.6. The highest BCUT2D eigenvalue weighted by molar-refractivity contribution is 9.10. The minimum atomic E-state index is -3.84. The van der Waals surface area contributed by atoms with Crippen molar-refractivity contribution in [1.82, 2.24) is 4.90 Å². The summed E-state index contributed by atoms with van der Waals surface area (Å²) < 4.78 is 23.4. The van der Waals surface area contributed by atoms with E-state index >= 15 is 0 Å². The van der Waals surface area contributed by atoms with E-state index in [0.29, 0.717) is 23.1 Å². The Bertz CT molecular complexity index is 648. The van der Waals surface area contributed by atoms with E-state index in [0.717, 1.165) is 19.3 Å². The average molecular weight is 376 g/mol. The summed E-state index contributed by atoms with van der Waals surface area (Å²) in [6.07, 6.45) is 2.84. The summed E-state index contributed by atoms with van der Waals surface area (Å²) in [6, 6.07) is 4.20. The molecular formula is C13H18BrN3O3S. The smallest absolute Gasteiger partial charge is 0.255 e.